The number of nitrogens with one attached hydrogen (secondary N) is 1. The first kappa shape index (κ1) is 12.9. The molecule has 2 N–H and O–H groups in total. The smallest absolute Gasteiger partial charge is 0.120 e. The normalized spacial score (nSPS) is 31.4. The summed E-state index contributed by atoms with van der Waals surface area (Å²) in [6, 6.07) is 6.77. The summed E-state index contributed by atoms with van der Waals surface area (Å²) in [5.41, 5.74) is 2.12. The van der Waals surface area contributed by atoms with Crippen LogP contribution in [0.3, 0.4) is 0 Å². The molecule has 0 aromatic heterocycles. The summed E-state index contributed by atoms with van der Waals surface area (Å²) in [6.07, 6.45) is 2.65. The van der Waals surface area contributed by atoms with Crippen LogP contribution in [0.25, 0.3) is 0 Å². The van der Waals surface area contributed by atoms with Gasteiger partial charge in [0.25, 0.3) is 0 Å². The van der Waals surface area contributed by atoms with Gasteiger partial charge in [0.15, 0.2) is 0 Å². The van der Waals surface area contributed by atoms with Crippen LogP contribution in [0.15, 0.2) is 18.2 Å². The number of aryl methyl sites for hydroxylation is 1. The Hall–Kier alpha value is -1.06. The van der Waals surface area contributed by atoms with Crippen molar-refractivity contribution >= 4 is 0 Å². The van der Waals surface area contributed by atoms with Gasteiger partial charge in [-0.3, -0.25) is 0 Å². The topological polar surface area (TPSA) is 35.5 Å². The van der Waals surface area contributed by atoms with Gasteiger partial charge in [0, 0.05) is 24.2 Å². The van der Waals surface area contributed by atoms with Crippen LogP contribution in [0.2, 0.25) is 0 Å². The van der Waals surface area contributed by atoms with E-state index in [2.05, 4.69) is 23.2 Å². The third kappa shape index (κ3) is 2.63. The fourth-order valence-electron chi connectivity index (χ4n) is 3.58. The molecule has 2 atom stereocenters. The van der Waals surface area contributed by atoms with E-state index in [1.807, 2.05) is 19.1 Å². The Morgan fingerprint density at radius 2 is 2.05 bits per heavy atom. The molecule has 1 aromatic carbocycles. The van der Waals surface area contributed by atoms with Crippen LogP contribution in [0.5, 0.6) is 5.75 Å². The molecular formula is C16H24N2O. The van der Waals surface area contributed by atoms with Gasteiger partial charge in [0.1, 0.15) is 5.75 Å². The van der Waals surface area contributed by atoms with Crippen molar-refractivity contribution in [3.63, 3.8) is 0 Å². The average Bonchev–Trinajstić information content (AvgIpc) is 2.39. The van der Waals surface area contributed by atoms with Crippen molar-refractivity contribution < 1.29 is 5.11 Å². The molecule has 0 amide bonds. The summed E-state index contributed by atoms with van der Waals surface area (Å²) in [5.74, 6) is 1.24. The summed E-state index contributed by atoms with van der Waals surface area (Å²) in [7, 11) is 0. The molecule has 3 heteroatoms. The Bertz CT molecular complexity index is 452. The van der Waals surface area contributed by atoms with E-state index < -0.39 is 0 Å². The Kier molecular flexibility index (Phi) is 3.50. The summed E-state index contributed by atoms with van der Waals surface area (Å²) in [6.45, 7) is 7.87. The Morgan fingerprint density at radius 3 is 2.63 bits per heavy atom. The van der Waals surface area contributed by atoms with Crippen LogP contribution in [0.1, 0.15) is 36.9 Å². The minimum atomic E-state index is 0.214. The zero-order chi connectivity index (χ0) is 13.4. The SMILES string of the molecule is Cc1ccc(C(C)NC2CN3CCC2CC3)c(O)c1. The quantitative estimate of drug-likeness (QED) is 0.876. The maximum absolute atomic E-state index is 10.1. The number of benzene rings is 1. The van der Waals surface area contributed by atoms with E-state index >= 15 is 0 Å². The number of piperidine rings is 3. The van der Waals surface area contributed by atoms with Crippen molar-refractivity contribution in [2.75, 3.05) is 19.6 Å². The molecule has 4 rings (SSSR count). The van der Waals surface area contributed by atoms with Crippen LogP contribution in [0.4, 0.5) is 0 Å². The van der Waals surface area contributed by atoms with Crippen LogP contribution in [-0.2, 0) is 0 Å². The first-order valence-electron chi connectivity index (χ1n) is 7.41. The van der Waals surface area contributed by atoms with E-state index in [4.69, 9.17) is 0 Å². The molecule has 0 saturated carbocycles. The summed E-state index contributed by atoms with van der Waals surface area (Å²) in [4.78, 5) is 2.55. The zero-order valence-corrected chi connectivity index (χ0v) is 11.9. The minimum Gasteiger partial charge on any atom is -0.508 e. The lowest BCUT2D eigenvalue weighted by Crippen LogP contribution is -2.56. The van der Waals surface area contributed by atoms with E-state index in [0.29, 0.717) is 11.8 Å². The van der Waals surface area contributed by atoms with E-state index in [1.54, 1.807) is 0 Å². The molecule has 19 heavy (non-hydrogen) atoms. The highest BCUT2D eigenvalue weighted by molar-refractivity contribution is 5.37. The largest absolute Gasteiger partial charge is 0.508 e. The molecule has 0 radical (unpaired) electrons. The van der Waals surface area contributed by atoms with Gasteiger partial charge in [-0.2, -0.15) is 0 Å². The molecule has 2 bridgehead atoms. The second kappa shape index (κ2) is 5.14. The fraction of sp³-hybridized carbons (Fsp3) is 0.625. The summed E-state index contributed by atoms with van der Waals surface area (Å²) >= 11 is 0. The molecule has 3 saturated heterocycles. The molecule has 0 spiro atoms. The predicted molar refractivity (Wildman–Crippen MR) is 77.3 cm³/mol. The van der Waals surface area contributed by atoms with Gasteiger partial charge in [-0.1, -0.05) is 12.1 Å². The second-order valence-electron chi connectivity index (χ2n) is 6.20. The van der Waals surface area contributed by atoms with Crippen molar-refractivity contribution in [1.29, 1.82) is 0 Å². The van der Waals surface area contributed by atoms with Crippen molar-refractivity contribution in [2.45, 2.75) is 38.8 Å². The van der Waals surface area contributed by atoms with E-state index in [1.165, 1.54) is 32.5 Å². The Morgan fingerprint density at radius 1 is 1.32 bits per heavy atom. The standard InChI is InChI=1S/C16H24N2O/c1-11-3-4-14(16(19)9-11)12(2)17-15-10-18-7-5-13(15)6-8-18/h3-4,9,12-13,15,17,19H,5-8,10H2,1-2H3. The third-order valence-corrected chi connectivity index (χ3v) is 4.77. The number of hydrogen-bond acceptors (Lipinski definition) is 3. The molecular weight excluding hydrogens is 236 g/mol. The van der Waals surface area contributed by atoms with Crippen LogP contribution in [-0.4, -0.2) is 35.7 Å². The number of aromatic hydroxyl groups is 1. The van der Waals surface area contributed by atoms with Gasteiger partial charge in [0.05, 0.1) is 0 Å². The number of rotatable bonds is 3. The lowest BCUT2D eigenvalue weighted by atomic mass is 9.83. The van der Waals surface area contributed by atoms with E-state index in [9.17, 15) is 5.11 Å². The average molecular weight is 260 g/mol. The van der Waals surface area contributed by atoms with Gasteiger partial charge in [-0.25, -0.2) is 0 Å². The van der Waals surface area contributed by atoms with E-state index in [-0.39, 0.29) is 6.04 Å². The molecule has 3 heterocycles. The van der Waals surface area contributed by atoms with Gasteiger partial charge in [-0.15, -0.1) is 0 Å². The maximum atomic E-state index is 10.1. The molecule has 3 nitrogen and oxygen atoms in total. The van der Waals surface area contributed by atoms with Crippen LogP contribution in [0, 0.1) is 12.8 Å². The first-order valence-corrected chi connectivity index (χ1v) is 7.41. The van der Waals surface area contributed by atoms with Crippen molar-refractivity contribution in [2.24, 2.45) is 5.92 Å². The second-order valence-corrected chi connectivity index (χ2v) is 6.20. The molecule has 0 aliphatic carbocycles. The number of fused-ring (bicyclic) bond motifs is 3. The van der Waals surface area contributed by atoms with Crippen LogP contribution >= 0.6 is 0 Å². The summed E-state index contributed by atoms with van der Waals surface area (Å²) in [5, 5.41) is 13.8. The fourth-order valence-corrected chi connectivity index (χ4v) is 3.58. The zero-order valence-electron chi connectivity index (χ0n) is 11.9. The van der Waals surface area contributed by atoms with Crippen molar-refractivity contribution in [1.82, 2.24) is 10.2 Å². The monoisotopic (exact) mass is 260 g/mol. The molecule has 3 aliphatic heterocycles. The molecule has 3 aliphatic rings. The highest BCUT2D eigenvalue weighted by Gasteiger charge is 2.34. The number of phenolic OH excluding ortho intramolecular Hbond substituents is 1. The third-order valence-electron chi connectivity index (χ3n) is 4.77. The Labute approximate surface area is 115 Å². The number of nitrogens with zero attached hydrogens (tertiary/aromatic N) is 1. The van der Waals surface area contributed by atoms with Gasteiger partial charge >= 0.3 is 0 Å². The van der Waals surface area contributed by atoms with Crippen molar-refractivity contribution in [3.8, 4) is 5.75 Å². The molecule has 2 unspecified atom stereocenters. The maximum Gasteiger partial charge on any atom is 0.120 e. The Balaban J connectivity index is 1.69. The molecule has 104 valence electrons. The number of hydrogen-bond donors (Lipinski definition) is 2. The van der Waals surface area contributed by atoms with Gasteiger partial charge < -0.3 is 15.3 Å². The lowest BCUT2D eigenvalue weighted by molar-refractivity contribution is 0.0679. The van der Waals surface area contributed by atoms with Gasteiger partial charge in [0.2, 0.25) is 0 Å². The van der Waals surface area contributed by atoms with E-state index in [0.717, 1.165) is 17.0 Å². The lowest BCUT2D eigenvalue weighted by Gasteiger charge is -2.46. The minimum absolute atomic E-state index is 0.214. The molecule has 1 aromatic rings. The first-order chi connectivity index (χ1) is 9.13. The molecule has 3 fully saturated rings. The predicted octanol–water partition coefficient (Wildman–Crippen LogP) is 2.45. The van der Waals surface area contributed by atoms with Crippen LogP contribution < -0.4 is 5.32 Å². The van der Waals surface area contributed by atoms with Crippen molar-refractivity contribution in [3.05, 3.63) is 29.3 Å². The highest BCUT2D eigenvalue weighted by atomic mass is 16.3. The van der Waals surface area contributed by atoms with Gasteiger partial charge in [-0.05, 0) is 57.3 Å². The number of phenols is 1. The summed E-state index contributed by atoms with van der Waals surface area (Å²) < 4.78 is 0. The highest BCUT2D eigenvalue weighted by Crippen LogP contribution is 2.31.